The van der Waals surface area contributed by atoms with E-state index in [1.54, 1.807) is 19.9 Å². The Labute approximate surface area is 119 Å². The number of rotatable bonds is 4. The van der Waals surface area contributed by atoms with Crippen LogP contribution in [0.2, 0.25) is 0 Å². The number of nitrogens with one attached hydrogen (secondary N) is 2. The lowest BCUT2D eigenvalue weighted by atomic mass is 10.4. The van der Waals surface area contributed by atoms with Crippen LogP contribution in [0.25, 0.3) is 0 Å². The molecule has 0 unspecified atom stereocenters. The van der Waals surface area contributed by atoms with Gasteiger partial charge >= 0.3 is 6.03 Å². The fourth-order valence-electron chi connectivity index (χ4n) is 1.73. The summed E-state index contributed by atoms with van der Waals surface area (Å²) < 4.78 is 25.4. The molecular weight excluding hydrogens is 282 g/mol. The molecule has 0 bridgehead atoms. The van der Waals surface area contributed by atoms with Crippen LogP contribution in [-0.4, -0.2) is 32.2 Å². The second-order valence-electron chi connectivity index (χ2n) is 4.36. The van der Waals surface area contributed by atoms with Gasteiger partial charge in [0.1, 0.15) is 18.2 Å². The lowest BCUT2D eigenvalue weighted by Gasteiger charge is -2.06. The van der Waals surface area contributed by atoms with E-state index in [9.17, 15) is 13.6 Å². The van der Waals surface area contributed by atoms with E-state index in [1.807, 2.05) is 0 Å². The zero-order valence-corrected chi connectivity index (χ0v) is 11.5. The fraction of sp³-hybridized carbons (Fsp3) is 0.333. The Balaban J connectivity index is 1.96. The van der Waals surface area contributed by atoms with Crippen molar-refractivity contribution in [1.82, 2.24) is 19.7 Å². The third kappa shape index (κ3) is 4.48. The number of alkyl halides is 2. The highest BCUT2D eigenvalue weighted by Crippen LogP contribution is 2.09. The van der Waals surface area contributed by atoms with Gasteiger partial charge in [0, 0.05) is 18.0 Å². The molecule has 2 rings (SSSR count). The minimum absolute atomic E-state index is 0.315. The van der Waals surface area contributed by atoms with Gasteiger partial charge in [-0.15, -0.1) is 0 Å². The molecule has 0 aromatic carbocycles. The zero-order valence-electron chi connectivity index (χ0n) is 11.5. The van der Waals surface area contributed by atoms with Gasteiger partial charge in [0.2, 0.25) is 0 Å². The average Bonchev–Trinajstić information content (AvgIpc) is 2.73. The van der Waals surface area contributed by atoms with Crippen LogP contribution < -0.4 is 10.6 Å². The van der Waals surface area contributed by atoms with Gasteiger partial charge in [-0.25, -0.2) is 23.5 Å². The monoisotopic (exact) mass is 296 g/mol. The summed E-state index contributed by atoms with van der Waals surface area (Å²) in [5.74, 6) is 0.896. The Hall–Kier alpha value is -2.58. The summed E-state index contributed by atoms with van der Waals surface area (Å²) in [5, 5.41) is 8.73. The predicted molar refractivity (Wildman–Crippen MR) is 72.4 cm³/mol. The molecule has 0 spiro atoms. The maximum absolute atomic E-state index is 12.2. The Morgan fingerprint density at radius 2 is 2.10 bits per heavy atom. The Morgan fingerprint density at radius 1 is 1.33 bits per heavy atom. The standard InChI is InChI=1S/C12H14F2N6O/c1-7-3-11(17-8(2)16-7)19-12(21)18-9-4-15-20(5-9)6-10(13)14/h3-5,10H,6H2,1-2H3,(H2,16,17,18,19,21). The molecule has 0 saturated carbocycles. The molecule has 7 nitrogen and oxygen atoms in total. The van der Waals surface area contributed by atoms with Crippen LogP contribution in [0.5, 0.6) is 0 Å². The van der Waals surface area contributed by atoms with E-state index in [4.69, 9.17) is 0 Å². The Kier molecular flexibility index (Phi) is 4.41. The third-order valence-electron chi connectivity index (χ3n) is 2.42. The van der Waals surface area contributed by atoms with Crippen LogP contribution >= 0.6 is 0 Å². The van der Waals surface area contributed by atoms with Gasteiger partial charge in [0.25, 0.3) is 6.43 Å². The molecular formula is C12H14F2N6O. The Morgan fingerprint density at radius 3 is 2.76 bits per heavy atom. The van der Waals surface area contributed by atoms with Crippen molar-refractivity contribution in [2.45, 2.75) is 26.8 Å². The molecule has 2 heterocycles. The van der Waals surface area contributed by atoms with Gasteiger partial charge in [-0.05, 0) is 13.8 Å². The van der Waals surface area contributed by atoms with Crippen LogP contribution in [-0.2, 0) is 6.54 Å². The number of carbonyl (C=O) groups is 1. The minimum Gasteiger partial charge on any atom is -0.305 e. The van der Waals surface area contributed by atoms with E-state index in [1.165, 1.54) is 12.4 Å². The predicted octanol–water partition coefficient (Wildman–Crippen LogP) is 2.20. The molecule has 0 atom stereocenters. The number of aromatic nitrogens is 4. The molecule has 0 radical (unpaired) electrons. The lowest BCUT2D eigenvalue weighted by Crippen LogP contribution is -2.20. The van der Waals surface area contributed by atoms with Crippen molar-refractivity contribution in [3.63, 3.8) is 0 Å². The lowest BCUT2D eigenvalue weighted by molar-refractivity contribution is 0.122. The molecule has 2 amide bonds. The van der Waals surface area contributed by atoms with E-state index in [0.29, 0.717) is 17.3 Å². The van der Waals surface area contributed by atoms with Crippen molar-refractivity contribution in [3.05, 3.63) is 30.0 Å². The zero-order chi connectivity index (χ0) is 15.4. The van der Waals surface area contributed by atoms with Crippen LogP contribution in [0.3, 0.4) is 0 Å². The van der Waals surface area contributed by atoms with Crippen molar-refractivity contribution < 1.29 is 13.6 Å². The molecule has 21 heavy (non-hydrogen) atoms. The van der Waals surface area contributed by atoms with Crippen LogP contribution in [0.4, 0.5) is 25.1 Å². The average molecular weight is 296 g/mol. The summed E-state index contributed by atoms with van der Waals surface area (Å²) >= 11 is 0. The number of anilines is 2. The summed E-state index contributed by atoms with van der Waals surface area (Å²) in [5.41, 5.74) is 1.04. The van der Waals surface area contributed by atoms with Crippen LogP contribution in [0, 0.1) is 13.8 Å². The van der Waals surface area contributed by atoms with Crippen LogP contribution in [0.1, 0.15) is 11.5 Å². The first kappa shape index (κ1) is 14.8. The van der Waals surface area contributed by atoms with E-state index < -0.39 is 19.0 Å². The molecule has 112 valence electrons. The second kappa shape index (κ2) is 6.25. The largest absolute Gasteiger partial charge is 0.324 e. The molecule has 0 fully saturated rings. The number of hydrogen-bond acceptors (Lipinski definition) is 4. The summed E-state index contributed by atoms with van der Waals surface area (Å²) in [6.07, 6.45) is 0.110. The van der Waals surface area contributed by atoms with Crippen molar-refractivity contribution in [3.8, 4) is 0 Å². The van der Waals surface area contributed by atoms with E-state index in [-0.39, 0.29) is 0 Å². The number of aryl methyl sites for hydroxylation is 2. The normalized spacial score (nSPS) is 10.7. The fourth-order valence-corrected chi connectivity index (χ4v) is 1.73. The second-order valence-corrected chi connectivity index (χ2v) is 4.36. The molecule has 0 saturated heterocycles. The molecule has 0 aliphatic heterocycles. The first-order chi connectivity index (χ1) is 9.92. The van der Waals surface area contributed by atoms with Gasteiger partial charge in [-0.3, -0.25) is 10.00 Å². The number of urea groups is 1. The highest BCUT2D eigenvalue weighted by atomic mass is 19.3. The quantitative estimate of drug-likeness (QED) is 0.905. The van der Waals surface area contributed by atoms with E-state index >= 15 is 0 Å². The maximum atomic E-state index is 12.2. The van der Waals surface area contributed by atoms with Crippen molar-refractivity contribution >= 4 is 17.5 Å². The molecule has 0 aliphatic rings. The smallest absolute Gasteiger partial charge is 0.305 e. The maximum Gasteiger partial charge on any atom is 0.324 e. The number of amides is 2. The SMILES string of the molecule is Cc1cc(NC(=O)Nc2cnn(CC(F)F)c2)nc(C)n1. The topological polar surface area (TPSA) is 84.7 Å². The van der Waals surface area contributed by atoms with Gasteiger partial charge in [0.15, 0.2) is 0 Å². The molecule has 2 aromatic heterocycles. The van der Waals surface area contributed by atoms with Crippen LogP contribution in [0.15, 0.2) is 18.5 Å². The summed E-state index contributed by atoms with van der Waals surface area (Å²) in [6.45, 7) is 2.98. The van der Waals surface area contributed by atoms with Crippen molar-refractivity contribution in [1.29, 1.82) is 0 Å². The van der Waals surface area contributed by atoms with Crippen molar-refractivity contribution in [2.75, 3.05) is 10.6 Å². The van der Waals surface area contributed by atoms with Gasteiger partial charge < -0.3 is 5.32 Å². The number of nitrogens with zero attached hydrogens (tertiary/aromatic N) is 4. The number of halogens is 2. The molecule has 0 aliphatic carbocycles. The number of carbonyl (C=O) groups excluding carboxylic acids is 1. The van der Waals surface area contributed by atoms with Gasteiger partial charge in [0.05, 0.1) is 11.9 Å². The van der Waals surface area contributed by atoms with E-state index in [2.05, 4.69) is 25.7 Å². The third-order valence-corrected chi connectivity index (χ3v) is 2.42. The van der Waals surface area contributed by atoms with Crippen molar-refractivity contribution in [2.24, 2.45) is 0 Å². The van der Waals surface area contributed by atoms with E-state index in [0.717, 1.165) is 10.4 Å². The highest BCUT2D eigenvalue weighted by Gasteiger charge is 2.09. The van der Waals surface area contributed by atoms with Gasteiger partial charge in [-0.1, -0.05) is 0 Å². The summed E-state index contributed by atoms with van der Waals surface area (Å²) in [4.78, 5) is 19.9. The molecule has 2 aromatic rings. The first-order valence-electron chi connectivity index (χ1n) is 6.13. The minimum atomic E-state index is -2.50. The summed E-state index contributed by atoms with van der Waals surface area (Å²) in [7, 11) is 0. The summed E-state index contributed by atoms with van der Waals surface area (Å²) in [6, 6.07) is 1.08. The van der Waals surface area contributed by atoms with Gasteiger partial charge in [-0.2, -0.15) is 5.10 Å². The molecule has 9 heteroatoms. The highest BCUT2D eigenvalue weighted by molar-refractivity contribution is 5.98. The Bertz CT molecular complexity index is 622. The number of hydrogen-bond donors (Lipinski definition) is 2. The molecule has 2 N–H and O–H groups in total. The first-order valence-corrected chi connectivity index (χ1v) is 6.13.